The molecule has 1 aliphatic heterocycles. The highest BCUT2D eigenvalue weighted by Gasteiger charge is 2.30. The predicted octanol–water partition coefficient (Wildman–Crippen LogP) is 5.01. The van der Waals surface area contributed by atoms with Gasteiger partial charge < -0.3 is 4.90 Å². The minimum absolute atomic E-state index is 0. The molecule has 0 spiro atoms. The lowest BCUT2D eigenvalue weighted by Crippen LogP contribution is -2.38. The minimum Gasteiger partial charge on any atom is -0.303 e. The minimum atomic E-state index is 0. The summed E-state index contributed by atoms with van der Waals surface area (Å²) >= 11 is 0. The first-order valence-electron chi connectivity index (χ1n) is 8.12. The van der Waals surface area contributed by atoms with Crippen LogP contribution in [0.4, 0.5) is 0 Å². The number of benzene rings is 2. The van der Waals surface area contributed by atoms with Crippen molar-refractivity contribution in [3.63, 3.8) is 0 Å². The summed E-state index contributed by atoms with van der Waals surface area (Å²) in [5, 5.41) is 0. The lowest BCUT2D eigenvalue weighted by Gasteiger charge is -2.39. The fourth-order valence-corrected chi connectivity index (χ4v) is 3.64. The van der Waals surface area contributed by atoms with Crippen molar-refractivity contribution < 1.29 is 0 Å². The average Bonchev–Trinajstić information content (AvgIpc) is 2.55. The van der Waals surface area contributed by atoms with Crippen LogP contribution in [-0.2, 0) is 0 Å². The first-order chi connectivity index (χ1) is 10.3. The first kappa shape index (κ1) is 17.1. The van der Waals surface area contributed by atoms with Gasteiger partial charge in [0.1, 0.15) is 0 Å². The summed E-state index contributed by atoms with van der Waals surface area (Å²) in [4.78, 5) is 2.59. The fourth-order valence-electron chi connectivity index (χ4n) is 3.64. The number of piperidine rings is 1. The number of likely N-dealkylation sites (tertiary alicyclic amines) is 1. The Kier molecular flexibility index (Phi) is 6.05. The summed E-state index contributed by atoms with van der Waals surface area (Å²) in [6.07, 6.45) is 1.26. The zero-order valence-electron chi connectivity index (χ0n) is 13.5. The zero-order valence-corrected chi connectivity index (χ0v) is 14.4. The summed E-state index contributed by atoms with van der Waals surface area (Å²) in [5.41, 5.74) is 4.37. The number of nitrogens with zero attached hydrogens (tertiary/aromatic N) is 1. The predicted molar refractivity (Wildman–Crippen MR) is 97.1 cm³/mol. The smallest absolute Gasteiger partial charge is 0.00561 e. The SMILES string of the molecule is CCN1CCC(c2ccccc2)C(c2cccc(C)c2)C1.Cl. The topological polar surface area (TPSA) is 3.24 Å². The maximum absolute atomic E-state index is 2.59. The van der Waals surface area contributed by atoms with E-state index in [1.165, 1.54) is 36.2 Å². The Morgan fingerprint density at radius 1 is 0.955 bits per heavy atom. The van der Waals surface area contributed by atoms with Gasteiger partial charge in [-0.1, -0.05) is 67.1 Å². The third kappa shape index (κ3) is 3.71. The molecule has 0 aromatic heterocycles. The second kappa shape index (κ2) is 7.80. The molecule has 1 nitrogen and oxygen atoms in total. The average molecular weight is 316 g/mol. The van der Waals surface area contributed by atoms with Crippen molar-refractivity contribution >= 4 is 12.4 Å². The monoisotopic (exact) mass is 315 g/mol. The lowest BCUT2D eigenvalue weighted by atomic mass is 9.76. The van der Waals surface area contributed by atoms with E-state index >= 15 is 0 Å². The van der Waals surface area contributed by atoms with Gasteiger partial charge in [-0.2, -0.15) is 0 Å². The van der Waals surface area contributed by atoms with Crippen LogP contribution in [-0.4, -0.2) is 24.5 Å². The van der Waals surface area contributed by atoms with Gasteiger partial charge in [0.15, 0.2) is 0 Å². The molecule has 2 atom stereocenters. The van der Waals surface area contributed by atoms with Gasteiger partial charge in [-0.15, -0.1) is 12.4 Å². The van der Waals surface area contributed by atoms with E-state index in [1.807, 2.05) is 0 Å². The van der Waals surface area contributed by atoms with Crippen LogP contribution in [0.25, 0.3) is 0 Å². The molecular formula is C20H26ClN. The molecule has 0 amide bonds. The molecule has 3 rings (SSSR count). The van der Waals surface area contributed by atoms with Gasteiger partial charge in [0, 0.05) is 12.5 Å². The molecule has 0 N–H and O–H groups in total. The number of likely N-dealkylation sites (N-methyl/N-ethyl adjacent to an activating group) is 1. The second-order valence-electron chi connectivity index (χ2n) is 6.22. The molecule has 2 aromatic rings. The Labute approximate surface area is 140 Å². The number of halogens is 1. The van der Waals surface area contributed by atoms with E-state index in [-0.39, 0.29) is 12.4 Å². The van der Waals surface area contributed by atoms with E-state index in [1.54, 1.807) is 0 Å². The Morgan fingerprint density at radius 2 is 1.68 bits per heavy atom. The fraction of sp³-hybridized carbons (Fsp3) is 0.400. The molecule has 0 aliphatic carbocycles. The van der Waals surface area contributed by atoms with E-state index < -0.39 is 0 Å². The number of hydrogen-bond acceptors (Lipinski definition) is 1. The number of rotatable bonds is 3. The van der Waals surface area contributed by atoms with Crippen molar-refractivity contribution in [3.05, 3.63) is 71.3 Å². The third-order valence-electron chi connectivity index (χ3n) is 4.84. The van der Waals surface area contributed by atoms with E-state index in [9.17, 15) is 0 Å². The lowest BCUT2D eigenvalue weighted by molar-refractivity contribution is 0.198. The van der Waals surface area contributed by atoms with Crippen molar-refractivity contribution in [3.8, 4) is 0 Å². The van der Waals surface area contributed by atoms with Crippen molar-refractivity contribution in [1.82, 2.24) is 4.90 Å². The maximum Gasteiger partial charge on any atom is 0.00561 e. The molecule has 22 heavy (non-hydrogen) atoms. The van der Waals surface area contributed by atoms with Crippen molar-refractivity contribution in [1.29, 1.82) is 0 Å². The Balaban J connectivity index is 0.00000176. The molecule has 118 valence electrons. The van der Waals surface area contributed by atoms with Crippen LogP contribution in [0.1, 0.15) is 41.9 Å². The summed E-state index contributed by atoms with van der Waals surface area (Å²) in [6, 6.07) is 20.2. The van der Waals surface area contributed by atoms with Crippen LogP contribution in [0.3, 0.4) is 0 Å². The molecule has 1 fully saturated rings. The van der Waals surface area contributed by atoms with Gasteiger partial charge >= 0.3 is 0 Å². The quantitative estimate of drug-likeness (QED) is 0.769. The van der Waals surface area contributed by atoms with E-state index in [0.29, 0.717) is 11.8 Å². The number of aryl methyl sites for hydroxylation is 1. The molecular weight excluding hydrogens is 290 g/mol. The highest BCUT2D eigenvalue weighted by atomic mass is 35.5. The normalized spacial score (nSPS) is 22.1. The summed E-state index contributed by atoms with van der Waals surface area (Å²) < 4.78 is 0. The van der Waals surface area contributed by atoms with Gasteiger partial charge in [0.05, 0.1) is 0 Å². The molecule has 0 radical (unpaired) electrons. The third-order valence-corrected chi connectivity index (χ3v) is 4.84. The van der Waals surface area contributed by atoms with Crippen LogP contribution in [0.5, 0.6) is 0 Å². The van der Waals surface area contributed by atoms with Crippen LogP contribution >= 0.6 is 12.4 Å². The molecule has 2 unspecified atom stereocenters. The van der Waals surface area contributed by atoms with E-state index in [2.05, 4.69) is 73.3 Å². The number of hydrogen-bond donors (Lipinski definition) is 0. The van der Waals surface area contributed by atoms with Gasteiger partial charge in [-0.05, 0) is 43.5 Å². The van der Waals surface area contributed by atoms with Gasteiger partial charge in [0.2, 0.25) is 0 Å². The van der Waals surface area contributed by atoms with E-state index in [0.717, 1.165) is 6.54 Å². The van der Waals surface area contributed by atoms with Crippen molar-refractivity contribution in [2.45, 2.75) is 32.1 Å². The first-order valence-corrected chi connectivity index (χ1v) is 8.12. The maximum atomic E-state index is 2.59. The molecule has 0 saturated carbocycles. The van der Waals surface area contributed by atoms with Gasteiger partial charge in [-0.3, -0.25) is 0 Å². The van der Waals surface area contributed by atoms with Crippen LogP contribution in [0.2, 0.25) is 0 Å². The zero-order chi connectivity index (χ0) is 14.7. The molecule has 1 heterocycles. The van der Waals surface area contributed by atoms with Crippen LogP contribution in [0.15, 0.2) is 54.6 Å². The van der Waals surface area contributed by atoms with Crippen LogP contribution < -0.4 is 0 Å². The standard InChI is InChI=1S/C20H25N.ClH/c1-3-21-13-12-19(17-9-5-4-6-10-17)20(15-21)18-11-7-8-16(2)14-18;/h4-11,14,19-20H,3,12-13,15H2,1-2H3;1H. The molecule has 2 aromatic carbocycles. The molecule has 2 heteroatoms. The Morgan fingerprint density at radius 3 is 2.36 bits per heavy atom. The Hall–Kier alpha value is -1.31. The van der Waals surface area contributed by atoms with Crippen molar-refractivity contribution in [2.75, 3.05) is 19.6 Å². The van der Waals surface area contributed by atoms with Crippen LogP contribution in [0, 0.1) is 6.92 Å². The second-order valence-corrected chi connectivity index (χ2v) is 6.22. The summed E-state index contributed by atoms with van der Waals surface area (Å²) in [7, 11) is 0. The van der Waals surface area contributed by atoms with Crippen molar-refractivity contribution in [2.24, 2.45) is 0 Å². The molecule has 1 saturated heterocycles. The molecule has 0 bridgehead atoms. The summed E-state index contributed by atoms with van der Waals surface area (Å²) in [6.45, 7) is 8.03. The van der Waals surface area contributed by atoms with Gasteiger partial charge in [-0.25, -0.2) is 0 Å². The summed E-state index contributed by atoms with van der Waals surface area (Å²) in [5.74, 6) is 1.26. The van der Waals surface area contributed by atoms with E-state index in [4.69, 9.17) is 0 Å². The highest BCUT2D eigenvalue weighted by Crippen LogP contribution is 2.39. The van der Waals surface area contributed by atoms with Gasteiger partial charge in [0.25, 0.3) is 0 Å². The molecule has 1 aliphatic rings. The Bertz CT molecular complexity index is 581. The highest BCUT2D eigenvalue weighted by molar-refractivity contribution is 5.85. The largest absolute Gasteiger partial charge is 0.303 e.